The Hall–Kier alpha value is -1.40. The highest BCUT2D eigenvalue weighted by Gasteiger charge is 2.35. The van der Waals surface area contributed by atoms with Crippen molar-refractivity contribution in [2.24, 2.45) is 7.05 Å². The molecule has 21 heavy (non-hydrogen) atoms. The largest absolute Gasteiger partial charge is 0.465 e. The summed E-state index contributed by atoms with van der Waals surface area (Å²) in [5.74, 6) is -0.143. The molecule has 6 nitrogen and oxygen atoms in total. The van der Waals surface area contributed by atoms with Crippen molar-refractivity contribution in [2.75, 3.05) is 26.2 Å². The molecule has 1 fully saturated rings. The van der Waals surface area contributed by atoms with Gasteiger partial charge in [-0.3, -0.25) is 14.4 Å². The molecule has 1 N–H and O–H groups in total. The van der Waals surface area contributed by atoms with Gasteiger partial charge in [-0.15, -0.1) is 0 Å². The van der Waals surface area contributed by atoms with E-state index in [1.165, 1.54) is 5.56 Å². The lowest BCUT2D eigenvalue weighted by molar-refractivity contribution is -0.151. The van der Waals surface area contributed by atoms with Crippen molar-refractivity contribution >= 4 is 5.97 Å². The summed E-state index contributed by atoms with van der Waals surface area (Å²) in [4.78, 5) is 14.4. The topological polar surface area (TPSA) is 59.4 Å². The number of esters is 1. The van der Waals surface area contributed by atoms with Gasteiger partial charge in [0.1, 0.15) is 6.04 Å². The Morgan fingerprint density at radius 1 is 1.52 bits per heavy atom. The van der Waals surface area contributed by atoms with E-state index in [9.17, 15) is 4.79 Å². The predicted molar refractivity (Wildman–Crippen MR) is 81.1 cm³/mol. The fourth-order valence-corrected chi connectivity index (χ4v) is 3.20. The van der Waals surface area contributed by atoms with Crippen molar-refractivity contribution in [3.8, 4) is 0 Å². The van der Waals surface area contributed by atoms with Gasteiger partial charge >= 0.3 is 5.97 Å². The van der Waals surface area contributed by atoms with Gasteiger partial charge in [-0.1, -0.05) is 0 Å². The summed E-state index contributed by atoms with van der Waals surface area (Å²) in [5.41, 5.74) is 3.40. The molecule has 0 aliphatic carbocycles. The number of ether oxygens (including phenoxy) is 1. The third kappa shape index (κ3) is 3.11. The number of carbonyl (C=O) groups excluding carboxylic acids is 1. The van der Waals surface area contributed by atoms with Gasteiger partial charge in [0.25, 0.3) is 0 Å². The Bertz CT molecular complexity index is 512. The molecule has 0 bridgehead atoms. The van der Waals surface area contributed by atoms with E-state index >= 15 is 0 Å². The van der Waals surface area contributed by atoms with Crippen LogP contribution in [-0.2, 0) is 16.6 Å². The fraction of sp³-hybridized carbons (Fsp3) is 0.733. The molecule has 2 unspecified atom stereocenters. The van der Waals surface area contributed by atoms with Crippen molar-refractivity contribution in [1.29, 1.82) is 0 Å². The molecule has 6 heteroatoms. The van der Waals surface area contributed by atoms with E-state index in [2.05, 4.69) is 29.2 Å². The summed E-state index contributed by atoms with van der Waals surface area (Å²) < 4.78 is 7.13. The third-order valence-corrected chi connectivity index (χ3v) is 4.32. The lowest BCUT2D eigenvalue weighted by atomic mass is 10.0. The van der Waals surface area contributed by atoms with Crippen molar-refractivity contribution in [3.05, 3.63) is 17.0 Å². The molecule has 1 aliphatic heterocycles. The zero-order valence-electron chi connectivity index (χ0n) is 13.6. The molecule has 1 aliphatic rings. The Kier molecular flexibility index (Phi) is 5.00. The standard InChI is InChI=1S/C15H26N4O2/c1-6-21-15(20)13-9-16-7-8-19(13)12(4)14-10(2)17-18(5)11(14)3/h12-13,16H,6-9H2,1-5H3. The Morgan fingerprint density at radius 3 is 2.81 bits per heavy atom. The van der Waals surface area contributed by atoms with Crippen LogP contribution in [0.4, 0.5) is 0 Å². The van der Waals surface area contributed by atoms with Crippen molar-refractivity contribution in [3.63, 3.8) is 0 Å². The molecule has 1 aromatic heterocycles. The first-order chi connectivity index (χ1) is 9.97. The normalized spacial score (nSPS) is 21.3. The van der Waals surface area contributed by atoms with Crippen molar-refractivity contribution in [2.45, 2.75) is 39.8 Å². The first-order valence-electron chi connectivity index (χ1n) is 7.60. The van der Waals surface area contributed by atoms with Crippen molar-refractivity contribution < 1.29 is 9.53 Å². The molecule has 2 heterocycles. The van der Waals surface area contributed by atoms with Crippen LogP contribution in [0.3, 0.4) is 0 Å². The highest BCUT2D eigenvalue weighted by atomic mass is 16.5. The van der Waals surface area contributed by atoms with Gasteiger partial charge in [0.2, 0.25) is 0 Å². The van der Waals surface area contributed by atoms with E-state index in [1.54, 1.807) is 0 Å². The summed E-state index contributed by atoms with van der Waals surface area (Å²) in [6.45, 7) is 10.9. The molecular formula is C15H26N4O2. The van der Waals surface area contributed by atoms with Gasteiger partial charge in [0.05, 0.1) is 12.3 Å². The minimum atomic E-state index is -0.229. The highest BCUT2D eigenvalue weighted by molar-refractivity contribution is 5.76. The van der Waals surface area contributed by atoms with E-state index in [0.29, 0.717) is 13.2 Å². The van der Waals surface area contributed by atoms with E-state index in [4.69, 9.17) is 4.74 Å². The second-order valence-electron chi connectivity index (χ2n) is 5.59. The van der Waals surface area contributed by atoms with Gasteiger partial charge in [0, 0.05) is 44.0 Å². The van der Waals surface area contributed by atoms with Gasteiger partial charge in [-0.2, -0.15) is 5.10 Å². The Labute approximate surface area is 126 Å². The molecule has 0 amide bonds. The summed E-state index contributed by atoms with van der Waals surface area (Å²) >= 11 is 0. The molecular weight excluding hydrogens is 268 g/mol. The maximum absolute atomic E-state index is 12.2. The van der Waals surface area contributed by atoms with Crippen molar-refractivity contribution in [1.82, 2.24) is 20.0 Å². The average Bonchev–Trinajstić information content (AvgIpc) is 2.72. The van der Waals surface area contributed by atoms with Crippen LogP contribution in [0, 0.1) is 13.8 Å². The minimum Gasteiger partial charge on any atom is -0.465 e. The third-order valence-electron chi connectivity index (χ3n) is 4.32. The van der Waals surface area contributed by atoms with Crippen LogP contribution in [0.25, 0.3) is 0 Å². The minimum absolute atomic E-state index is 0.143. The van der Waals surface area contributed by atoms with E-state index < -0.39 is 0 Å². The molecule has 118 valence electrons. The van der Waals surface area contributed by atoms with Gasteiger partial charge in [-0.25, -0.2) is 0 Å². The molecule has 2 atom stereocenters. The van der Waals surface area contributed by atoms with Gasteiger partial charge in [0.15, 0.2) is 0 Å². The van der Waals surface area contributed by atoms with E-state index in [1.807, 2.05) is 25.6 Å². The fourth-order valence-electron chi connectivity index (χ4n) is 3.20. The monoisotopic (exact) mass is 294 g/mol. The smallest absolute Gasteiger partial charge is 0.324 e. The second-order valence-corrected chi connectivity index (χ2v) is 5.59. The lowest BCUT2D eigenvalue weighted by Crippen LogP contribution is -2.56. The van der Waals surface area contributed by atoms with Crippen LogP contribution >= 0.6 is 0 Å². The molecule has 0 spiro atoms. The number of aromatic nitrogens is 2. The molecule has 1 aromatic rings. The van der Waals surface area contributed by atoms with Crippen LogP contribution in [0.1, 0.15) is 36.8 Å². The van der Waals surface area contributed by atoms with E-state index in [-0.39, 0.29) is 18.1 Å². The molecule has 0 aromatic carbocycles. The number of nitrogens with zero attached hydrogens (tertiary/aromatic N) is 3. The van der Waals surface area contributed by atoms with Crippen LogP contribution in [0.2, 0.25) is 0 Å². The van der Waals surface area contributed by atoms with Crippen LogP contribution < -0.4 is 5.32 Å². The molecule has 0 radical (unpaired) electrons. The number of piperazine rings is 1. The SMILES string of the molecule is CCOC(=O)C1CNCCN1C(C)c1c(C)nn(C)c1C. The number of nitrogens with one attached hydrogen (secondary N) is 1. The summed E-state index contributed by atoms with van der Waals surface area (Å²) in [6.07, 6.45) is 0. The average molecular weight is 294 g/mol. The first-order valence-corrected chi connectivity index (χ1v) is 7.60. The number of aryl methyl sites for hydroxylation is 2. The quantitative estimate of drug-likeness (QED) is 0.837. The summed E-state index contributed by atoms with van der Waals surface area (Å²) in [7, 11) is 1.96. The zero-order chi connectivity index (χ0) is 15.6. The Balaban J connectivity index is 2.26. The number of hydrogen-bond acceptors (Lipinski definition) is 5. The maximum atomic E-state index is 12.2. The molecule has 2 rings (SSSR count). The second kappa shape index (κ2) is 6.58. The molecule has 0 saturated carbocycles. The first kappa shape index (κ1) is 16.0. The zero-order valence-corrected chi connectivity index (χ0v) is 13.6. The summed E-state index contributed by atoms with van der Waals surface area (Å²) in [6, 6.07) is -0.0806. The van der Waals surface area contributed by atoms with Gasteiger partial charge < -0.3 is 10.1 Å². The lowest BCUT2D eigenvalue weighted by Gasteiger charge is -2.38. The van der Waals surface area contributed by atoms with Crippen LogP contribution in [-0.4, -0.2) is 52.9 Å². The summed E-state index contributed by atoms with van der Waals surface area (Å²) in [5, 5.41) is 7.77. The maximum Gasteiger partial charge on any atom is 0.324 e. The predicted octanol–water partition coefficient (Wildman–Crippen LogP) is 0.935. The number of hydrogen-bond donors (Lipinski definition) is 1. The highest BCUT2D eigenvalue weighted by Crippen LogP contribution is 2.28. The number of carbonyl (C=O) groups is 1. The van der Waals surface area contributed by atoms with Crippen LogP contribution in [0.5, 0.6) is 0 Å². The molecule has 1 saturated heterocycles. The Morgan fingerprint density at radius 2 is 2.24 bits per heavy atom. The van der Waals surface area contributed by atoms with Gasteiger partial charge in [-0.05, 0) is 27.7 Å². The number of rotatable bonds is 4. The van der Waals surface area contributed by atoms with E-state index in [0.717, 1.165) is 24.5 Å². The van der Waals surface area contributed by atoms with Crippen LogP contribution in [0.15, 0.2) is 0 Å².